The van der Waals surface area contributed by atoms with E-state index in [1.807, 2.05) is 0 Å². The molecular formula is C15H20FNO3. The van der Waals surface area contributed by atoms with E-state index < -0.39 is 11.6 Å². The molecule has 1 N–H and O–H groups in total. The highest BCUT2D eigenvalue weighted by atomic mass is 19.1. The fourth-order valence-corrected chi connectivity index (χ4v) is 1.50. The Kier molecular flexibility index (Phi) is 5.25. The Morgan fingerprint density at radius 1 is 1.25 bits per heavy atom. The lowest BCUT2D eigenvalue weighted by molar-refractivity contribution is -0.155. The first-order valence-corrected chi connectivity index (χ1v) is 6.45. The maximum atomic E-state index is 13.3. The molecule has 20 heavy (non-hydrogen) atoms. The number of amides is 1. The molecule has 4 nitrogen and oxygen atoms in total. The Morgan fingerprint density at radius 3 is 2.45 bits per heavy atom. The van der Waals surface area contributed by atoms with Crippen LogP contribution in [0.3, 0.4) is 0 Å². The van der Waals surface area contributed by atoms with E-state index in [-0.39, 0.29) is 24.6 Å². The van der Waals surface area contributed by atoms with Gasteiger partial charge in [-0.1, -0.05) is 6.07 Å². The Morgan fingerprint density at radius 2 is 1.90 bits per heavy atom. The lowest BCUT2D eigenvalue weighted by Crippen LogP contribution is -2.24. The van der Waals surface area contributed by atoms with Crippen molar-refractivity contribution in [2.45, 2.75) is 46.1 Å². The van der Waals surface area contributed by atoms with Gasteiger partial charge in [0.15, 0.2) is 0 Å². The van der Waals surface area contributed by atoms with Crippen LogP contribution in [0, 0.1) is 12.7 Å². The largest absolute Gasteiger partial charge is 0.460 e. The third kappa shape index (κ3) is 5.82. The normalized spacial score (nSPS) is 11.1. The molecular weight excluding hydrogens is 261 g/mol. The number of ether oxygens (including phenoxy) is 1. The van der Waals surface area contributed by atoms with Gasteiger partial charge in [-0.3, -0.25) is 9.59 Å². The minimum Gasteiger partial charge on any atom is -0.460 e. The molecule has 1 rings (SSSR count). The van der Waals surface area contributed by atoms with E-state index in [4.69, 9.17) is 4.74 Å². The molecule has 0 spiro atoms. The minimum absolute atomic E-state index is 0.00253. The van der Waals surface area contributed by atoms with Gasteiger partial charge in [0.2, 0.25) is 5.91 Å². The van der Waals surface area contributed by atoms with E-state index in [9.17, 15) is 14.0 Å². The Bertz CT molecular complexity index is 506. The summed E-state index contributed by atoms with van der Waals surface area (Å²) in [5.41, 5.74) is 0.326. The van der Waals surface area contributed by atoms with Crippen LogP contribution < -0.4 is 5.32 Å². The zero-order valence-corrected chi connectivity index (χ0v) is 12.2. The van der Waals surface area contributed by atoms with E-state index >= 15 is 0 Å². The van der Waals surface area contributed by atoms with Crippen LogP contribution in [0.2, 0.25) is 0 Å². The molecule has 0 aliphatic carbocycles. The van der Waals surface area contributed by atoms with E-state index in [1.165, 1.54) is 6.07 Å². The molecule has 0 heterocycles. The van der Waals surface area contributed by atoms with Crippen LogP contribution >= 0.6 is 0 Å². The number of carbonyl (C=O) groups is 2. The summed E-state index contributed by atoms with van der Waals surface area (Å²) >= 11 is 0. The van der Waals surface area contributed by atoms with E-state index in [0.29, 0.717) is 11.3 Å². The number of carbonyl (C=O) groups excluding carboxylic acids is 2. The molecule has 0 fully saturated rings. The Labute approximate surface area is 118 Å². The van der Waals surface area contributed by atoms with E-state index in [0.717, 1.165) is 0 Å². The first-order valence-electron chi connectivity index (χ1n) is 6.45. The topological polar surface area (TPSA) is 55.4 Å². The second-order valence-electron chi connectivity index (χ2n) is 5.60. The first-order chi connectivity index (χ1) is 9.17. The van der Waals surface area contributed by atoms with Crippen molar-refractivity contribution < 1.29 is 18.7 Å². The van der Waals surface area contributed by atoms with Crippen LogP contribution in [-0.4, -0.2) is 17.5 Å². The fourth-order valence-electron chi connectivity index (χ4n) is 1.50. The monoisotopic (exact) mass is 281 g/mol. The van der Waals surface area contributed by atoms with Gasteiger partial charge in [-0.05, 0) is 45.4 Å². The smallest absolute Gasteiger partial charge is 0.306 e. The van der Waals surface area contributed by atoms with Gasteiger partial charge in [-0.15, -0.1) is 0 Å². The molecule has 0 aromatic heterocycles. The number of rotatable bonds is 4. The van der Waals surface area contributed by atoms with Gasteiger partial charge in [0.1, 0.15) is 11.4 Å². The highest BCUT2D eigenvalue weighted by Crippen LogP contribution is 2.14. The Hall–Kier alpha value is -1.91. The maximum Gasteiger partial charge on any atom is 0.306 e. The van der Waals surface area contributed by atoms with Crippen LogP contribution in [-0.2, 0) is 14.3 Å². The molecule has 0 aliphatic heterocycles. The predicted molar refractivity (Wildman–Crippen MR) is 74.8 cm³/mol. The molecule has 1 aromatic rings. The average molecular weight is 281 g/mol. The molecule has 1 aromatic carbocycles. The number of hydrogen-bond acceptors (Lipinski definition) is 3. The van der Waals surface area contributed by atoms with Gasteiger partial charge in [0, 0.05) is 12.1 Å². The summed E-state index contributed by atoms with van der Waals surface area (Å²) in [6.45, 7) is 6.93. The molecule has 110 valence electrons. The van der Waals surface area contributed by atoms with Crippen LogP contribution in [0.1, 0.15) is 39.2 Å². The number of benzene rings is 1. The van der Waals surface area contributed by atoms with Gasteiger partial charge in [-0.25, -0.2) is 4.39 Å². The second kappa shape index (κ2) is 6.50. The first kappa shape index (κ1) is 16.1. The number of halogens is 1. The molecule has 0 unspecified atom stereocenters. The summed E-state index contributed by atoms with van der Waals surface area (Å²) in [5.74, 6) is -1.16. The molecule has 0 radical (unpaired) electrons. The number of anilines is 1. The van der Waals surface area contributed by atoms with Crippen LogP contribution in [0.15, 0.2) is 18.2 Å². The summed E-state index contributed by atoms with van der Waals surface area (Å²) < 4.78 is 18.4. The summed E-state index contributed by atoms with van der Waals surface area (Å²) in [4.78, 5) is 23.1. The molecule has 5 heteroatoms. The number of esters is 1. The average Bonchev–Trinajstić information content (AvgIpc) is 2.29. The summed E-state index contributed by atoms with van der Waals surface area (Å²) in [7, 11) is 0. The lowest BCUT2D eigenvalue weighted by atomic mass is 10.2. The molecule has 0 bridgehead atoms. The maximum absolute atomic E-state index is 13.3. The second-order valence-corrected chi connectivity index (χ2v) is 5.60. The highest BCUT2D eigenvalue weighted by molar-refractivity contribution is 5.92. The third-order valence-corrected chi connectivity index (χ3v) is 2.43. The summed E-state index contributed by atoms with van der Waals surface area (Å²) in [5, 5.41) is 2.54. The predicted octanol–water partition coefficient (Wildman–Crippen LogP) is 3.19. The zero-order chi connectivity index (χ0) is 15.3. The number of aryl methyl sites for hydroxylation is 1. The lowest BCUT2D eigenvalue weighted by Gasteiger charge is -2.19. The summed E-state index contributed by atoms with van der Waals surface area (Å²) in [6, 6.07) is 4.45. The van der Waals surface area contributed by atoms with Crippen molar-refractivity contribution in [2.75, 3.05) is 5.32 Å². The molecule has 0 aliphatic rings. The van der Waals surface area contributed by atoms with Gasteiger partial charge < -0.3 is 10.1 Å². The van der Waals surface area contributed by atoms with Gasteiger partial charge in [-0.2, -0.15) is 0 Å². The number of hydrogen-bond donors (Lipinski definition) is 1. The van der Waals surface area contributed by atoms with Crippen LogP contribution in [0.4, 0.5) is 10.1 Å². The SMILES string of the molecule is Cc1ccc(NC(=O)CCC(=O)OC(C)(C)C)cc1F. The van der Waals surface area contributed by atoms with Crippen molar-refractivity contribution in [3.05, 3.63) is 29.6 Å². The highest BCUT2D eigenvalue weighted by Gasteiger charge is 2.17. The summed E-state index contributed by atoms with van der Waals surface area (Å²) in [6.07, 6.45) is 0.00184. The molecule has 1 amide bonds. The molecule has 0 saturated heterocycles. The fraction of sp³-hybridized carbons (Fsp3) is 0.467. The quantitative estimate of drug-likeness (QED) is 0.862. The Balaban J connectivity index is 2.44. The van der Waals surface area contributed by atoms with Gasteiger partial charge in [0.05, 0.1) is 6.42 Å². The van der Waals surface area contributed by atoms with Crippen molar-refractivity contribution >= 4 is 17.6 Å². The van der Waals surface area contributed by atoms with Gasteiger partial charge in [0.25, 0.3) is 0 Å². The number of nitrogens with one attached hydrogen (secondary N) is 1. The zero-order valence-electron chi connectivity index (χ0n) is 12.2. The van der Waals surface area contributed by atoms with Gasteiger partial charge >= 0.3 is 5.97 Å². The van der Waals surface area contributed by atoms with Crippen molar-refractivity contribution in [1.29, 1.82) is 0 Å². The van der Waals surface area contributed by atoms with Crippen LogP contribution in [0.5, 0.6) is 0 Å². The van der Waals surface area contributed by atoms with Crippen molar-refractivity contribution in [2.24, 2.45) is 0 Å². The van der Waals surface area contributed by atoms with E-state index in [1.54, 1.807) is 39.8 Å². The van der Waals surface area contributed by atoms with Crippen molar-refractivity contribution in [3.63, 3.8) is 0 Å². The molecule has 0 saturated carbocycles. The third-order valence-electron chi connectivity index (χ3n) is 2.43. The van der Waals surface area contributed by atoms with Crippen molar-refractivity contribution in [3.8, 4) is 0 Å². The van der Waals surface area contributed by atoms with Crippen molar-refractivity contribution in [1.82, 2.24) is 0 Å². The molecule has 0 atom stereocenters. The standard InChI is InChI=1S/C15H20FNO3/c1-10-5-6-11(9-12(10)16)17-13(18)7-8-14(19)20-15(2,3)4/h5-6,9H,7-8H2,1-4H3,(H,17,18). The van der Waals surface area contributed by atoms with E-state index in [2.05, 4.69) is 5.32 Å². The van der Waals surface area contributed by atoms with Crippen LogP contribution in [0.25, 0.3) is 0 Å². The minimum atomic E-state index is -0.562.